The van der Waals surface area contributed by atoms with Crippen LogP contribution >= 0.6 is 0 Å². The molecule has 0 aliphatic carbocycles. The number of rotatable bonds is 2. The molecule has 2 N–H and O–H groups in total. The predicted octanol–water partition coefficient (Wildman–Crippen LogP) is 3.23. The standard InChI is InChI=1S/C16H24N2O/c1-4-16(3)8-5-9-18(11-16)15(19)14-10-13(17)7-6-12(14)2/h6-7,10H,4-5,8-9,11,17H2,1-3H3. The van der Waals surface area contributed by atoms with E-state index in [2.05, 4.69) is 13.8 Å². The van der Waals surface area contributed by atoms with Crippen LogP contribution in [0, 0.1) is 12.3 Å². The molecule has 1 unspecified atom stereocenters. The van der Waals surface area contributed by atoms with Gasteiger partial charge >= 0.3 is 0 Å². The van der Waals surface area contributed by atoms with Crippen molar-refractivity contribution < 1.29 is 4.79 Å². The van der Waals surface area contributed by atoms with Gasteiger partial charge in [0.1, 0.15) is 0 Å². The zero-order valence-electron chi connectivity index (χ0n) is 12.2. The Morgan fingerprint density at radius 2 is 2.21 bits per heavy atom. The maximum absolute atomic E-state index is 12.6. The Morgan fingerprint density at radius 1 is 1.47 bits per heavy atom. The van der Waals surface area contributed by atoms with Crippen LogP contribution in [-0.2, 0) is 0 Å². The molecule has 1 aliphatic heterocycles. The number of amides is 1. The van der Waals surface area contributed by atoms with Crippen molar-refractivity contribution in [1.29, 1.82) is 0 Å². The molecule has 0 radical (unpaired) electrons. The van der Waals surface area contributed by atoms with Crippen molar-refractivity contribution >= 4 is 11.6 Å². The first-order valence-corrected chi connectivity index (χ1v) is 7.10. The van der Waals surface area contributed by atoms with Crippen LogP contribution in [0.25, 0.3) is 0 Å². The third kappa shape index (κ3) is 2.91. The third-order valence-electron chi connectivity index (χ3n) is 4.41. The van der Waals surface area contributed by atoms with E-state index >= 15 is 0 Å². The summed E-state index contributed by atoms with van der Waals surface area (Å²) in [5, 5.41) is 0. The van der Waals surface area contributed by atoms with Gasteiger partial charge in [-0.05, 0) is 49.3 Å². The van der Waals surface area contributed by atoms with E-state index in [9.17, 15) is 4.79 Å². The predicted molar refractivity (Wildman–Crippen MR) is 79.1 cm³/mol. The van der Waals surface area contributed by atoms with Gasteiger partial charge in [0.2, 0.25) is 0 Å². The summed E-state index contributed by atoms with van der Waals surface area (Å²) in [5.41, 5.74) is 8.48. The number of hydrogen-bond donors (Lipinski definition) is 1. The molecule has 1 heterocycles. The fourth-order valence-corrected chi connectivity index (χ4v) is 2.82. The number of carbonyl (C=O) groups is 1. The van der Waals surface area contributed by atoms with E-state index in [0.29, 0.717) is 5.69 Å². The zero-order valence-corrected chi connectivity index (χ0v) is 12.2. The highest BCUT2D eigenvalue weighted by Crippen LogP contribution is 2.33. The molecule has 3 heteroatoms. The molecule has 1 aromatic rings. The van der Waals surface area contributed by atoms with Crippen LogP contribution in [0.15, 0.2) is 18.2 Å². The van der Waals surface area contributed by atoms with E-state index in [1.54, 1.807) is 6.07 Å². The zero-order chi connectivity index (χ0) is 14.0. The molecule has 1 aliphatic rings. The molecule has 1 atom stereocenters. The van der Waals surface area contributed by atoms with Crippen molar-refractivity contribution in [2.24, 2.45) is 5.41 Å². The first-order valence-electron chi connectivity index (χ1n) is 7.10. The van der Waals surface area contributed by atoms with Crippen LogP contribution in [-0.4, -0.2) is 23.9 Å². The van der Waals surface area contributed by atoms with E-state index in [1.807, 2.05) is 24.0 Å². The van der Waals surface area contributed by atoms with Gasteiger partial charge in [0.15, 0.2) is 0 Å². The molecule has 0 saturated carbocycles. The van der Waals surface area contributed by atoms with Gasteiger partial charge in [-0.1, -0.05) is 19.9 Å². The average Bonchev–Trinajstić information content (AvgIpc) is 2.41. The van der Waals surface area contributed by atoms with Crippen molar-refractivity contribution in [2.45, 2.75) is 40.0 Å². The number of nitrogen functional groups attached to an aromatic ring is 1. The highest BCUT2D eigenvalue weighted by Gasteiger charge is 2.32. The van der Waals surface area contributed by atoms with Crippen molar-refractivity contribution in [3.8, 4) is 0 Å². The Labute approximate surface area is 115 Å². The molecule has 1 amide bonds. The summed E-state index contributed by atoms with van der Waals surface area (Å²) in [5.74, 6) is 0.129. The highest BCUT2D eigenvalue weighted by molar-refractivity contribution is 5.96. The molecule has 1 saturated heterocycles. The normalized spacial score (nSPS) is 23.4. The average molecular weight is 260 g/mol. The molecular formula is C16H24N2O. The number of likely N-dealkylation sites (tertiary alicyclic amines) is 1. The maximum atomic E-state index is 12.6. The summed E-state index contributed by atoms with van der Waals surface area (Å²) in [7, 11) is 0. The first kappa shape index (κ1) is 13.9. The Balaban J connectivity index is 2.22. The molecule has 1 fully saturated rings. The lowest BCUT2D eigenvalue weighted by Gasteiger charge is -2.40. The second-order valence-corrected chi connectivity index (χ2v) is 6.07. The number of benzene rings is 1. The fourth-order valence-electron chi connectivity index (χ4n) is 2.82. The van der Waals surface area contributed by atoms with E-state index in [0.717, 1.165) is 37.1 Å². The molecule has 0 aromatic heterocycles. The largest absolute Gasteiger partial charge is 0.399 e. The summed E-state index contributed by atoms with van der Waals surface area (Å²) in [6.07, 6.45) is 3.42. The monoisotopic (exact) mass is 260 g/mol. The van der Waals surface area contributed by atoms with Crippen LogP contribution in [0.1, 0.15) is 49.0 Å². The van der Waals surface area contributed by atoms with Crippen LogP contribution < -0.4 is 5.73 Å². The number of nitrogens with two attached hydrogens (primary N) is 1. The second-order valence-electron chi connectivity index (χ2n) is 6.07. The van der Waals surface area contributed by atoms with Gasteiger partial charge in [0.05, 0.1) is 0 Å². The van der Waals surface area contributed by atoms with Gasteiger partial charge in [0, 0.05) is 24.3 Å². The Hall–Kier alpha value is -1.51. The number of piperidine rings is 1. The van der Waals surface area contributed by atoms with E-state index in [-0.39, 0.29) is 11.3 Å². The lowest BCUT2D eigenvalue weighted by atomic mass is 9.79. The minimum absolute atomic E-state index is 0.129. The van der Waals surface area contributed by atoms with Gasteiger partial charge in [-0.2, -0.15) is 0 Å². The number of hydrogen-bond acceptors (Lipinski definition) is 2. The van der Waals surface area contributed by atoms with Gasteiger partial charge in [-0.25, -0.2) is 0 Å². The summed E-state index contributed by atoms with van der Waals surface area (Å²) in [4.78, 5) is 14.6. The quantitative estimate of drug-likeness (QED) is 0.830. The molecule has 1 aromatic carbocycles. The van der Waals surface area contributed by atoms with Crippen molar-refractivity contribution in [2.75, 3.05) is 18.8 Å². The van der Waals surface area contributed by atoms with E-state index in [1.165, 1.54) is 6.42 Å². The molecule has 104 valence electrons. The van der Waals surface area contributed by atoms with Crippen molar-refractivity contribution in [3.05, 3.63) is 29.3 Å². The Morgan fingerprint density at radius 3 is 2.89 bits per heavy atom. The highest BCUT2D eigenvalue weighted by atomic mass is 16.2. The maximum Gasteiger partial charge on any atom is 0.254 e. The van der Waals surface area contributed by atoms with Gasteiger partial charge in [-0.3, -0.25) is 4.79 Å². The molecule has 0 spiro atoms. The number of nitrogens with zero attached hydrogens (tertiary/aromatic N) is 1. The number of carbonyl (C=O) groups excluding carboxylic acids is 1. The topological polar surface area (TPSA) is 46.3 Å². The van der Waals surface area contributed by atoms with Gasteiger partial charge in [0.25, 0.3) is 5.91 Å². The SMILES string of the molecule is CCC1(C)CCCN(C(=O)c2cc(N)ccc2C)C1. The summed E-state index contributed by atoms with van der Waals surface area (Å²) in [6.45, 7) is 8.17. The molecular weight excluding hydrogens is 236 g/mol. The molecule has 0 bridgehead atoms. The minimum Gasteiger partial charge on any atom is -0.399 e. The summed E-state index contributed by atoms with van der Waals surface area (Å²) >= 11 is 0. The van der Waals surface area contributed by atoms with Crippen LogP contribution in [0.5, 0.6) is 0 Å². The van der Waals surface area contributed by atoms with Crippen molar-refractivity contribution in [1.82, 2.24) is 4.90 Å². The smallest absolute Gasteiger partial charge is 0.254 e. The molecule has 3 nitrogen and oxygen atoms in total. The second kappa shape index (κ2) is 5.24. The lowest BCUT2D eigenvalue weighted by Crippen LogP contribution is -2.44. The fraction of sp³-hybridized carbons (Fsp3) is 0.562. The Bertz CT molecular complexity index is 484. The Kier molecular flexibility index (Phi) is 3.83. The molecule has 19 heavy (non-hydrogen) atoms. The summed E-state index contributed by atoms with van der Waals surface area (Å²) < 4.78 is 0. The van der Waals surface area contributed by atoms with E-state index in [4.69, 9.17) is 5.73 Å². The lowest BCUT2D eigenvalue weighted by molar-refractivity contribution is 0.0542. The van der Waals surface area contributed by atoms with Crippen LogP contribution in [0.2, 0.25) is 0 Å². The van der Waals surface area contributed by atoms with Gasteiger partial charge < -0.3 is 10.6 Å². The van der Waals surface area contributed by atoms with E-state index < -0.39 is 0 Å². The summed E-state index contributed by atoms with van der Waals surface area (Å²) in [6, 6.07) is 5.57. The van der Waals surface area contributed by atoms with Crippen LogP contribution in [0.4, 0.5) is 5.69 Å². The van der Waals surface area contributed by atoms with Gasteiger partial charge in [-0.15, -0.1) is 0 Å². The number of aryl methyl sites for hydroxylation is 1. The number of anilines is 1. The molecule has 2 rings (SSSR count). The minimum atomic E-state index is 0.129. The van der Waals surface area contributed by atoms with Crippen LogP contribution in [0.3, 0.4) is 0 Å². The van der Waals surface area contributed by atoms with Crippen molar-refractivity contribution in [3.63, 3.8) is 0 Å². The first-order chi connectivity index (χ1) is 8.95. The third-order valence-corrected chi connectivity index (χ3v) is 4.41.